The number of fused-ring (bicyclic) bond motifs is 1. The highest BCUT2D eigenvalue weighted by Gasteiger charge is 2.18. The van der Waals surface area contributed by atoms with Gasteiger partial charge in [-0.1, -0.05) is 15.9 Å². The van der Waals surface area contributed by atoms with E-state index in [2.05, 4.69) is 21.2 Å². The fraction of sp³-hybridized carbons (Fsp3) is 0.227. The minimum absolute atomic E-state index is 0.122. The lowest BCUT2D eigenvalue weighted by atomic mass is 9.98. The second-order valence-electron chi connectivity index (χ2n) is 6.68. The molecule has 1 heterocycles. The van der Waals surface area contributed by atoms with Crippen LogP contribution in [0.4, 0.5) is 10.1 Å². The van der Waals surface area contributed by atoms with Gasteiger partial charge in [-0.15, -0.1) is 0 Å². The number of carbonyl (C=O) groups excluding carboxylic acids is 1. The Hall–Kier alpha value is -2.60. The molecule has 0 radical (unpaired) electrons. The normalized spacial score (nSPS) is 11.8. The van der Waals surface area contributed by atoms with Crippen LogP contribution in [-0.4, -0.2) is 13.0 Å². The molecular weight excluding hydrogens is 425 g/mol. The Morgan fingerprint density at radius 1 is 1.21 bits per heavy atom. The van der Waals surface area contributed by atoms with Crippen molar-refractivity contribution in [2.45, 2.75) is 27.7 Å². The minimum Gasteiger partial charge on any atom is -0.496 e. The van der Waals surface area contributed by atoms with E-state index in [1.807, 2.05) is 33.8 Å². The van der Waals surface area contributed by atoms with Gasteiger partial charge in [0.1, 0.15) is 22.9 Å². The molecule has 146 valence electrons. The maximum Gasteiger partial charge on any atom is 0.248 e. The van der Waals surface area contributed by atoms with Gasteiger partial charge in [0.15, 0.2) is 0 Å². The topological polar surface area (TPSA) is 51.5 Å². The number of carbonyl (C=O) groups is 1. The zero-order valence-corrected chi connectivity index (χ0v) is 18.0. The molecule has 0 unspecified atom stereocenters. The number of halogens is 2. The molecule has 0 aliphatic carbocycles. The maximum atomic E-state index is 14.0. The number of nitrogens with one attached hydrogen (secondary N) is 1. The van der Waals surface area contributed by atoms with Gasteiger partial charge in [0.05, 0.1) is 12.8 Å². The number of anilines is 1. The smallest absolute Gasteiger partial charge is 0.248 e. The number of hydrogen-bond donors (Lipinski definition) is 1. The Labute approximate surface area is 171 Å². The third-order valence-corrected chi connectivity index (χ3v) is 5.31. The molecule has 0 aliphatic heterocycles. The van der Waals surface area contributed by atoms with Gasteiger partial charge in [-0.05, 0) is 63.1 Å². The summed E-state index contributed by atoms with van der Waals surface area (Å²) in [5.41, 5.74) is 4.33. The van der Waals surface area contributed by atoms with E-state index in [0.29, 0.717) is 15.8 Å². The average Bonchev–Trinajstić information content (AvgIpc) is 2.92. The monoisotopic (exact) mass is 445 g/mol. The van der Waals surface area contributed by atoms with Crippen molar-refractivity contribution in [2.75, 3.05) is 12.4 Å². The lowest BCUT2D eigenvalue weighted by Gasteiger charge is -2.13. The Kier molecular flexibility index (Phi) is 5.61. The quantitative estimate of drug-likeness (QED) is 0.478. The predicted octanol–water partition coefficient (Wildman–Crippen LogP) is 6.31. The standard InChI is InChI=1S/C22H21BrFNO3/c1-11(8-20(26)25-19-7-6-15(23)9-18(19)24)16-10-17-12(2)14(4)28-22(17)13(3)21(16)27-5/h6-10H,1-5H3,(H,25,26)/b11-8+. The molecule has 0 aliphatic rings. The van der Waals surface area contributed by atoms with Crippen molar-refractivity contribution in [1.29, 1.82) is 0 Å². The van der Waals surface area contributed by atoms with E-state index in [0.717, 1.165) is 33.4 Å². The summed E-state index contributed by atoms with van der Waals surface area (Å²) in [5.74, 6) is 0.576. The number of amides is 1. The summed E-state index contributed by atoms with van der Waals surface area (Å²) in [6, 6.07) is 6.44. The van der Waals surface area contributed by atoms with Crippen LogP contribution in [0.25, 0.3) is 16.5 Å². The molecule has 0 spiro atoms. The second kappa shape index (κ2) is 7.80. The molecule has 0 atom stereocenters. The molecule has 1 amide bonds. The number of furan rings is 1. The molecule has 4 nitrogen and oxygen atoms in total. The third kappa shape index (κ3) is 3.69. The summed E-state index contributed by atoms with van der Waals surface area (Å²) in [6.07, 6.45) is 1.44. The molecule has 3 rings (SSSR count). The first-order chi connectivity index (χ1) is 13.2. The van der Waals surface area contributed by atoms with Gasteiger partial charge in [0.2, 0.25) is 5.91 Å². The Bertz CT molecular complexity index is 1110. The van der Waals surface area contributed by atoms with Gasteiger partial charge in [-0.3, -0.25) is 4.79 Å². The molecule has 28 heavy (non-hydrogen) atoms. The number of aryl methyl sites for hydroxylation is 3. The Balaban J connectivity index is 2.00. The van der Waals surface area contributed by atoms with Crippen LogP contribution in [0.2, 0.25) is 0 Å². The van der Waals surface area contributed by atoms with Crippen molar-refractivity contribution in [3.63, 3.8) is 0 Å². The molecule has 0 saturated heterocycles. The molecule has 2 aromatic carbocycles. The van der Waals surface area contributed by atoms with Crippen LogP contribution in [0.1, 0.15) is 29.4 Å². The van der Waals surface area contributed by atoms with Gasteiger partial charge in [0, 0.05) is 27.1 Å². The van der Waals surface area contributed by atoms with Crippen LogP contribution in [0, 0.1) is 26.6 Å². The number of ether oxygens (including phenoxy) is 1. The molecule has 3 aromatic rings. The number of hydrogen-bond acceptors (Lipinski definition) is 3. The van der Waals surface area contributed by atoms with Gasteiger partial charge < -0.3 is 14.5 Å². The highest BCUT2D eigenvalue weighted by atomic mass is 79.9. The first-order valence-corrected chi connectivity index (χ1v) is 9.54. The summed E-state index contributed by atoms with van der Waals surface area (Å²) in [4.78, 5) is 12.4. The average molecular weight is 446 g/mol. The highest BCUT2D eigenvalue weighted by molar-refractivity contribution is 9.10. The van der Waals surface area contributed by atoms with Crippen molar-refractivity contribution < 1.29 is 18.3 Å². The highest BCUT2D eigenvalue weighted by Crippen LogP contribution is 2.38. The summed E-state index contributed by atoms with van der Waals surface area (Å²) in [7, 11) is 1.59. The fourth-order valence-corrected chi connectivity index (χ4v) is 3.54. The fourth-order valence-electron chi connectivity index (χ4n) is 3.20. The SMILES string of the molecule is COc1c(/C(C)=C/C(=O)Nc2ccc(Br)cc2F)cc2c(C)c(C)oc2c1C. The van der Waals surface area contributed by atoms with E-state index in [9.17, 15) is 9.18 Å². The molecule has 0 bridgehead atoms. The molecule has 6 heteroatoms. The maximum absolute atomic E-state index is 14.0. The van der Waals surface area contributed by atoms with Gasteiger partial charge in [-0.25, -0.2) is 4.39 Å². The van der Waals surface area contributed by atoms with Crippen molar-refractivity contribution in [3.8, 4) is 5.75 Å². The Morgan fingerprint density at radius 2 is 1.93 bits per heavy atom. The van der Waals surface area contributed by atoms with Crippen LogP contribution >= 0.6 is 15.9 Å². The number of rotatable bonds is 4. The molecule has 0 fully saturated rings. The van der Waals surface area contributed by atoms with E-state index in [4.69, 9.17) is 9.15 Å². The van der Waals surface area contributed by atoms with Gasteiger partial charge in [0.25, 0.3) is 0 Å². The predicted molar refractivity (Wildman–Crippen MR) is 113 cm³/mol. The van der Waals surface area contributed by atoms with Crippen LogP contribution in [-0.2, 0) is 4.79 Å². The largest absolute Gasteiger partial charge is 0.496 e. The summed E-state index contributed by atoms with van der Waals surface area (Å²) in [5, 5.41) is 3.56. The van der Waals surface area contributed by atoms with Gasteiger partial charge in [-0.2, -0.15) is 0 Å². The summed E-state index contributed by atoms with van der Waals surface area (Å²) in [6.45, 7) is 7.67. The number of methoxy groups -OCH3 is 1. The zero-order chi connectivity index (χ0) is 20.6. The van der Waals surface area contributed by atoms with Crippen molar-refractivity contribution in [3.05, 3.63) is 63.1 Å². The first kappa shape index (κ1) is 20.1. The van der Waals surface area contributed by atoms with Crippen LogP contribution in [0.5, 0.6) is 5.75 Å². The second-order valence-corrected chi connectivity index (χ2v) is 7.60. The van der Waals surface area contributed by atoms with E-state index in [-0.39, 0.29) is 5.69 Å². The van der Waals surface area contributed by atoms with Crippen molar-refractivity contribution in [1.82, 2.24) is 0 Å². The lowest BCUT2D eigenvalue weighted by Crippen LogP contribution is -2.10. The van der Waals surface area contributed by atoms with E-state index < -0.39 is 11.7 Å². The third-order valence-electron chi connectivity index (χ3n) is 4.81. The zero-order valence-electron chi connectivity index (χ0n) is 16.4. The summed E-state index contributed by atoms with van der Waals surface area (Å²) < 4.78 is 26.0. The molecular formula is C22H21BrFNO3. The lowest BCUT2D eigenvalue weighted by molar-refractivity contribution is -0.111. The minimum atomic E-state index is -0.506. The van der Waals surface area contributed by atoms with Gasteiger partial charge >= 0.3 is 0 Å². The number of allylic oxidation sites excluding steroid dienone is 1. The molecule has 0 saturated carbocycles. The van der Waals surface area contributed by atoms with E-state index in [1.165, 1.54) is 18.2 Å². The Morgan fingerprint density at radius 3 is 2.57 bits per heavy atom. The summed E-state index contributed by atoms with van der Waals surface area (Å²) >= 11 is 3.20. The van der Waals surface area contributed by atoms with Crippen LogP contribution < -0.4 is 10.1 Å². The van der Waals surface area contributed by atoms with Crippen molar-refractivity contribution >= 4 is 44.1 Å². The first-order valence-electron chi connectivity index (χ1n) is 8.75. The van der Waals surface area contributed by atoms with Crippen LogP contribution in [0.15, 0.2) is 39.2 Å². The number of benzene rings is 2. The molecule has 1 aromatic heterocycles. The van der Waals surface area contributed by atoms with E-state index >= 15 is 0 Å². The van der Waals surface area contributed by atoms with Crippen molar-refractivity contribution in [2.24, 2.45) is 0 Å². The van der Waals surface area contributed by atoms with Crippen LogP contribution in [0.3, 0.4) is 0 Å². The molecule has 1 N–H and O–H groups in total. The van der Waals surface area contributed by atoms with E-state index in [1.54, 1.807) is 13.2 Å².